The smallest absolute Gasteiger partial charge is 0.475 e. The summed E-state index contributed by atoms with van der Waals surface area (Å²) in [6.45, 7) is 3.36. The third-order valence-electron chi connectivity index (χ3n) is 5.20. The van der Waals surface area contributed by atoms with Crippen LogP contribution >= 0.6 is 11.3 Å². The lowest BCUT2D eigenvalue weighted by molar-refractivity contribution is -0.192. The van der Waals surface area contributed by atoms with E-state index in [0.29, 0.717) is 18.5 Å². The van der Waals surface area contributed by atoms with Crippen LogP contribution in [0.2, 0.25) is 0 Å². The molecule has 1 saturated heterocycles. The number of morpholine rings is 1. The average Bonchev–Trinajstić information content (AvgIpc) is 3.48. The van der Waals surface area contributed by atoms with Gasteiger partial charge in [0.2, 0.25) is 5.76 Å². The molecule has 3 atom stereocenters. The minimum atomic E-state index is -5.08. The zero-order valence-electron chi connectivity index (χ0n) is 16.4. The zero-order chi connectivity index (χ0) is 22.4. The van der Waals surface area contributed by atoms with Crippen LogP contribution in [-0.4, -0.2) is 65.1 Å². The molecular weight excluding hydrogens is 439 g/mol. The molecule has 8 nitrogen and oxygen atoms in total. The summed E-state index contributed by atoms with van der Waals surface area (Å²) < 4.78 is 42.7. The van der Waals surface area contributed by atoms with Crippen molar-refractivity contribution in [3.8, 4) is 0 Å². The molecule has 1 aliphatic carbocycles. The molecule has 1 unspecified atom stereocenters. The lowest BCUT2D eigenvalue weighted by Gasteiger charge is -2.39. The molecule has 0 aromatic carbocycles. The van der Waals surface area contributed by atoms with Gasteiger partial charge in [0.05, 0.1) is 18.9 Å². The van der Waals surface area contributed by atoms with Crippen LogP contribution < -0.4 is 5.32 Å². The number of thiophene rings is 1. The number of carboxylic acid groups (broad SMARTS) is 1. The van der Waals surface area contributed by atoms with Crippen molar-refractivity contribution in [2.75, 3.05) is 19.7 Å². The Hall–Kier alpha value is -2.44. The van der Waals surface area contributed by atoms with Gasteiger partial charge in [-0.25, -0.2) is 4.79 Å². The molecule has 1 aliphatic heterocycles. The van der Waals surface area contributed by atoms with Crippen molar-refractivity contribution in [1.82, 2.24) is 15.4 Å². The van der Waals surface area contributed by atoms with E-state index in [2.05, 4.69) is 32.9 Å². The maximum absolute atomic E-state index is 12.0. The fraction of sp³-hybridized carbons (Fsp3) is 0.526. The van der Waals surface area contributed by atoms with E-state index in [9.17, 15) is 18.0 Å². The number of carbonyl (C=O) groups excluding carboxylic acids is 1. The number of rotatable bonds is 5. The standard InChI is InChI=1S/C17H21N3O3S.C2HF3O2/c21-17(15-5-6-19-23-15)18-10-12-3-4-14-16(12)22-8-7-20(14)11-13-2-1-9-24-13;3-2(4,5)1(6)7/h1-2,5-6,9,12,14,16H,3-4,7-8,10-11H2,(H,18,21);(H,6,7)/t12?,14-,16-;/m1./s1. The molecule has 12 heteroatoms. The molecule has 2 N–H and O–H groups in total. The largest absolute Gasteiger partial charge is 0.490 e. The lowest BCUT2D eigenvalue weighted by atomic mass is 10.0. The molecule has 31 heavy (non-hydrogen) atoms. The van der Waals surface area contributed by atoms with Crippen molar-refractivity contribution in [1.29, 1.82) is 0 Å². The summed E-state index contributed by atoms with van der Waals surface area (Å²) >= 11 is 1.81. The Bertz CT molecular complexity index is 845. The number of hydrogen-bond donors (Lipinski definition) is 2. The van der Waals surface area contributed by atoms with Crippen molar-refractivity contribution >= 4 is 23.2 Å². The SMILES string of the molecule is O=C(NCC1CC[C@@H]2[C@@H]1OCCN2Cc1cccs1)c1ccno1.O=C(O)C(F)(F)F. The normalized spacial score (nSPS) is 23.5. The minimum absolute atomic E-state index is 0.203. The first kappa shape index (κ1) is 23.2. The number of hydrogen-bond acceptors (Lipinski definition) is 7. The van der Waals surface area contributed by atoms with E-state index in [4.69, 9.17) is 19.2 Å². The summed E-state index contributed by atoms with van der Waals surface area (Å²) in [4.78, 5) is 24.8. The van der Waals surface area contributed by atoms with Crippen molar-refractivity contribution in [3.05, 3.63) is 40.4 Å². The molecule has 2 aliphatic rings. The molecule has 1 saturated carbocycles. The van der Waals surface area contributed by atoms with Gasteiger partial charge in [-0.3, -0.25) is 9.69 Å². The summed E-state index contributed by atoms with van der Waals surface area (Å²) in [6.07, 6.45) is -1.20. The number of carboxylic acids is 1. The van der Waals surface area contributed by atoms with Gasteiger partial charge in [-0.1, -0.05) is 11.2 Å². The maximum Gasteiger partial charge on any atom is 0.490 e. The van der Waals surface area contributed by atoms with Crippen LogP contribution in [0.1, 0.15) is 28.3 Å². The topological polar surface area (TPSA) is 105 Å². The van der Waals surface area contributed by atoms with Gasteiger partial charge in [0.15, 0.2) is 0 Å². The second-order valence-corrected chi connectivity index (χ2v) is 8.21. The van der Waals surface area contributed by atoms with E-state index >= 15 is 0 Å². The summed E-state index contributed by atoms with van der Waals surface area (Å²) in [6, 6.07) is 6.33. The Morgan fingerprint density at radius 1 is 1.32 bits per heavy atom. The highest BCUT2D eigenvalue weighted by atomic mass is 32.1. The van der Waals surface area contributed by atoms with Crippen LogP contribution in [0.5, 0.6) is 0 Å². The predicted molar refractivity (Wildman–Crippen MR) is 104 cm³/mol. The zero-order valence-corrected chi connectivity index (χ0v) is 17.2. The highest BCUT2D eigenvalue weighted by Crippen LogP contribution is 2.35. The van der Waals surface area contributed by atoms with Crippen LogP contribution in [0.4, 0.5) is 13.2 Å². The quantitative estimate of drug-likeness (QED) is 0.706. The van der Waals surface area contributed by atoms with Gasteiger partial charge in [0.1, 0.15) is 0 Å². The summed E-state index contributed by atoms with van der Waals surface area (Å²) in [5.74, 6) is -2.35. The highest BCUT2D eigenvalue weighted by Gasteiger charge is 2.42. The number of aromatic nitrogens is 1. The van der Waals surface area contributed by atoms with Gasteiger partial charge in [0, 0.05) is 42.5 Å². The van der Waals surface area contributed by atoms with E-state index in [1.54, 1.807) is 6.07 Å². The third kappa shape index (κ3) is 6.28. The fourth-order valence-corrected chi connectivity index (χ4v) is 4.53. The van der Waals surface area contributed by atoms with E-state index < -0.39 is 12.1 Å². The number of alkyl halides is 3. The molecule has 4 rings (SSSR count). The van der Waals surface area contributed by atoms with Crippen LogP contribution in [-0.2, 0) is 16.1 Å². The van der Waals surface area contributed by atoms with Crippen LogP contribution in [0.15, 0.2) is 34.3 Å². The summed E-state index contributed by atoms with van der Waals surface area (Å²) in [5, 5.41) is 15.8. The Morgan fingerprint density at radius 3 is 2.71 bits per heavy atom. The second kappa shape index (κ2) is 10.2. The van der Waals surface area contributed by atoms with E-state index in [1.807, 2.05) is 11.3 Å². The first-order chi connectivity index (χ1) is 14.8. The Morgan fingerprint density at radius 2 is 2.10 bits per heavy atom. The number of nitrogens with zero attached hydrogens (tertiary/aromatic N) is 2. The van der Waals surface area contributed by atoms with Gasteiger partial charge < -0.3 is 19.7 Å². The Labute approximate surface area is 180 Å². The van der Waals surface area contributed by atoms with Crippen molar-refractivity contribution < 1.29 is 37.1 Å². The molecule has 0 bridgehead atoms. The number of carbonyl (C=O) groups is 2. The van der Waals surface area contributed by atoms with E-state index in [1.165, 1.54) is 11.1 Å². The molecule has 2 fully saturated rings. The predicted octanol–water partition coefficient (Wildman–Crippen LogP) is 2.78. The van der Waals surface area contributed by atoms with Gasteiger partial charge >= 0.3 is 12.1 Å². The number of ether oxygens (including phenoxy) is 1. The Kier molecular flexibility index (Phi) is 7.68. The average molecular weight is 461 g/mol. The first-order valence-corrected chi connectivity index (χ1v) is 10.5. The van der Waals surface area contributed by atoms with Crippen molar-refractivity contribution in [3.63, 3.8) is 0 Å². The summed E-state index contributed by atoms with van der Waals surface area (Å²) in [5.41, 5.74) is 0. The van der Waals surface area contributed by atoms with Gasteiger partial charge in [0.25, 0.3) is 5.91 Å². The number of nitrogens with one attached hydrogen (secondary N) is 1. The molecule has 2 aromatic rings. The minimum Gasteiger partial charge on any atom is -0.475 e. The lowest BCUT2D eigenvalue weighted by Crippen LogP contribution is -2.50. The van der Waals surface area contributed by atoms with Gasteiger partial charge in [-0.05, 0) is 24.3 Å². The second-order valence-electron chi connectivity index (χ2n) is 7.18. The van der Waals surface area contributed by atoms with Crippen LogP contribution in [0.3, 0.4) is 0 Å². The third-order valence-corrected chi connectivity index (χ3v) is 6.06. The number of halogens is 3. The molecule has 3 heterocycles. The fourth-order valence-electron chi connectivity index (χ4n) is 3.80. The van der Waals surface area contributed by atoms with Crippen molar-refractivity contribution in [2.45, 2.75) is 37.7 Å². The molecular formula is C19H22F3N3O5S. The van der Waals surface area contributed by atoms with Crippen LogP contribution in [0, 0.1) is 5.92 Å². The summed E-state index contributed by atoms with van der Waals surface area (Å²) in [7, 11) is 0. The van der Waals surface area contributed by atoms with Gasteiger partial charge in [-0.2, -0.15) is 13.2 Å². The molecule has 1 amide bonds. The monoisotopic (exact) mass is 461 g/mol. The highest BCUT2D eigenvalue weighted by molar-refractivity contribution is 7.09. The van der Waals surface area contributed by atoms with Gasteiger partial charge in [-0.15, -0.1) is 11.3 Å². The van der Waals surface area contributed by atoms with E-state index in [0.717, 1.165) is 32.5 Å². The van der Waals surface area contributed by atoms with E-state index in [-0.39, 0.29) is 17.8 Å². The Balaban J connectivity index is 0.000000339. The van der Waals surface area contributed by atoms with Crippen LogP contribution in [0.25, 0.3) is 0 Å². The number of fused-ring (bicyclic) bond motifs is 1. The molecule has 0 radical (unpaired) electrons. The number of amides is 1. The molecule has 0 spiro atoms. The molecule has 2 aromatic heterocycles. The maximum atomic E-state index is 12.0. The molecule has 170 valence electrons. The number of aliphatic carboxylic acids is 1. The first-order valence-electron chi connectivity index (χ1n) is 9.62. The van der Waals surface area contributed by atoms with Crippen molar-refractivity contribution in [2.24, 2.45) is 5.92 Å².